The Morgan fingerprint density at radius 2 is 2.00 bits per heavy atom. The largest absolute Gasteiger partial charge is 0.387 e. The Labute approximate surface area is 112 Å². The molecule has 1 unspecified atom stereocenters. The standard InChI is InChI=1S/C12H9Cl2FOS/c13-9-2-1-8(15)5-7(9)6-11(16)12-10(14)3-4-17-12/h1-5,11,16H,6H2. The van der Waals surface area contributed by atoms with Crippen molar-refractivity contribution in [2.24, 2.45) is 0 Å². The van der Waals surface area contributed by atoms with Gasteiger partial charge in [0.25, 0.3) is 0 Å². The third-order valence-electron chi connectivity index (χ3n) is 2.37. The summed E-state index contributed by atoms with van der Waals surface area (Å²) in [6.45, 7) is 0. The maximum absolute atomic E-state index is 13.1. The van der Waals surface area contributed by atoms with Crippen molar-refractivity contribution in [3.63, 3.8) is 0 Å². The molecule has 0 radical (unpaired) electrons. The highest BCUT2D eigenvalue weighted by atomic mass is 35.5. The zero-order valence-electron chi connectivity index (χ0n) is 8.66. The smallest absolute Gasteiger partial charge is 0.123 e. The first-order valence-electron chi connectivity index (χ1n) is 4.93. The molecule has 0 aliphatic heterocycles. The predicted molar refractivity (Wildman–Crippen MR) is 69.4 cm³/mol. The molecule has 0 bridgehead atoms. The number of halogens is 3. The van der Waals surface area contributed by atoms with E-state index < -0.39 is 6.10 Å². The van der Waals surface area contributed by atoms with Crippen molar-refractivity contribution >= 4 is 34.5 Å². The van der Waals surface area contributed by atoms with Gasteiger partial charge in [0.15, 0.2) is 0 Å². The number of aliphatic hydroxyl groups excluding tert-OH is 1. The van der Waals surface area contributed by atoms with E-state index in [2.05, 4.69) is 0 Å². The van der Waals surface area contributed by atoms with E-state index in [-0.39, 0.29) is 12.2 Å². The summed E-state index contributed by atoms with van der Waals surface area (Å²) in [5, 5.41) is 12.8. The minimum atomic E-state index is -0.762. The van der Waals surface area contributed by atoms with Gasteiger partial charge >= 0.3 is 0 Å². The van der Waals surface area contributed by atoms with Gasteiger partial charge in [0.2, 0.25) is 0 Å². The second-order valence-corrected chi connectivity index (χ2v) is 5.35. The van der Waals surface area contributed by atoms with Crippen molar-refractivity contribution in [2.75, 3.05) is 0 Å². The number of benzene rings is 1. The van der Waals surface area contributed by atoms with Crippen LogP contribution in [0.4, 0.5) is 4.39 Å². The maximum atomic E-state index is 13.1. The lowest BCUT2D eigenvalue weighted by molar-refractivity contribution is 0.182. The molecule has 2 rings (SSSR count). The summed E-state index contributed by atoms with van der Waals surface area (Å²) < 4.78 is 13.1. The summed E-state index contributed by atoms with van der Waals surface area (Å²) in [6.07, 6.45) is -0.515. The maximum Gasteiger partial charge on any atom is 0.123 e. The SMILES string of the molecule is OC(Cc1cc(F)ccc1Cl)c1sccc1Cl. The van der Waals surface area contributed by atoms with Gasteiger partial charge in [0.05, 0.1) is 16.0 Å². The van der Waals surface area contributed by atoms with Crippen LogP contribution in [0.5, 0.6) is 0 Å². The van der Waals surface area contributed by atoms with Crippen molar-refractivity contribution in [3.05, 3.63) is 55.9 Å². The molecule has 0 spiro atoms. The van der Waals surface area contributed by atoms with Gasteiger partial charge in [0, 0.05) is 11.4 Å². The molecule has 17 heavy (non-hydrogen) atoms. The molecule has 90 valence electrons. The van der Waals surface area contributed by atoms with Crippen molar-refractivity contribution in [2.45, 2.75) is 12.5 Å². The van der Waals surface area contributed by atoms with Gasteiger partial charge in [-0.1, -0.05) is 23.2 Å². The third kappa shape index (κ3) is 2.99. The molecule has 1 nitrogen and oxygen atoms in total. The van der Waals surface area contributed by atoms with Gasteiger partial charge in [-0.05, 0) is 35.2 Å². The van der Waals surface area contributed by atoms with Crippen molar-refractivity contribution in [1.82, 2.24) is 0 Å². The molecule has 0 saturated carbocycles. The van der Waals surface area contributed by atoms with Crippen LogP contribution >= 0.6 is 34.5 Å². The van der Waals surface area contributed by atoms with Crippen molar-refractivity contribution in [3.8, 4) is 0 Å². The third-order valence-corrected chi connectivity index (χ3v) is 4.20. The first-order valence-corrected chi connectivity index (χ1v) is 6.56. The molecule has 2 aromatic rings. The minimum Gasteiger partial charge on any atom is -0.387 e. The molecule has 0 aliphatic rings. The number of thiophene rings is 1. The Bertz CT molecular complexity index is 527. The monoisotopic (exact) mass is 290 g/mol. The van der Waals surface area contributed by atoms with E-state index in [1.54, 1.807) is 11.4 Å². The van der Waals surface area contributed by atoms with Crippen LogP contribution < -0.4 is 0 Å². The lowest BCUT2D eigenvalue weighted by Gasteiger charge is -2.10. The molecule has 0 aliphatic carbocycles. The summed E-state index contributed by atoms with van der Waals surface area (Å²) in [7, 11) is 0. The van der Waals surface area contributed by atoms with Gasteiger partial charge in [-0.3, -0.25) is 0 Å². The molecular formula is C12H9Cl2FOS. The van der Waals surface area contributed by atoms with Gasteiger partial charge in [-0.2, -0.15) is 0 Å². The highest BCUT2D eigenvalue weighted by Gasteiger charge is 2.15. The Morgan fingerprint density at radius 1 is 1.24 bits per heavy atom. The topological polar surface area (TPSA) is 20.2 Å². The summed E-state index contributed by atoms with van der Waals surface area (Å²) >= 11 is 13.2. The van der Waals surface area contributed by atoms with E-state index in [1.807, 2.05) is 0 Å². The van der Waals surface area contributed by atoms with Crippen LogP contribution in [-0.4, -0.2) is 5.11 Å². The van der Waals surface area contributed by atoms with Gasteiger partial charge in [-0.25, -0.2) is 4.39 Å². The van der Waals surface area contributed by atoms with E-state index >= 15 is 0 Å². The van der Waals surface area contributed by atoms with E-state index in [0.717, 1.165) is 0 Å². The fourth-order valence-electron chi connectivity index (χ4n) is 1.54. The molecule has 1 heterocycles. The van der Waals surface area contributed by atoms with Crippen LogP contribution in [0.15, 0.2) is 29.6 Å². The fourth-order valence-corrected chi connectivity index (χ4v) is 2.91. The minimum absolute atomic E-state index is 0.247. The van der Waals surface area contributed by atoms with Crippen LogP contribution in [0.25, 0.3) is 0 Å². The molecular weight excluding hydrogens is 282 g/mol. The number of hydrogen-bond acceptors (Lipinski definition) is 2. The molecule has 5 heteroatoms. The van der Waals surface area contributed by atoms with Crippen LogP contribution in [-0.2, 0) is 6.42 Å². The molecule has 1 aromatic carbocycles. The highest BCUT2D eigenvalue weighted by Crippen LogP contribution is 2.32. The number of rotatable bonds is 3. The first-order chi connectivity index (χ1) is 8.08. The lowest BCUT2D eigenvalue weighted by atomic mass is 10.1. The summed E-state index contributed by atoms with van der Waals surface area (Å²) in [5.74, 6) is -0.367. The fraction of sp³-hybridized carbons (Fsp3) is 0.167. The summed E-state index contributed by atoms with van der Waals surface area (Å²) in [6, 6.07) is 5.82. The van der Waals surface area contributed by atoms with Gasteiger partial charge in [0.1, 0.15) is 5.82 Å². The average molecular weight is 291 g/mol. The normalized spacial score (nSPS) is 12.7. The van der Waals surface area contributed by atoms with Gasteiger partial charge in [-0.15, -0.1) is 11.3 Å². The molecule has 1 N–H and O–H groups in total. The number of hydrogen-bond donors (Lipinski definition) is 1. The Morgan fingerprint density at radius 3 is 2.65 bits per heavy atom. The van der Waals surface area contributed by atoms with Crippen LogP contribution in [0, 0.1) is 5.82 Å². The Kier molecular flexibility index (Phi) is 4.05. The molecule has 0 amide bonds. The summed E-state index contributed by atoms with van der Waals surface area (Å²) in [5.41, 5.74) is 0.573. The number of aliphatic hydroxyl groups is 1. The van der Waals surface area contributed by atoms with E-state index in [0.29, 0.717) is 20.5 Å². The van der Waals surface area contributed by atoms with Crippen LogP contribution in [0.1, 0.15) is 16.5 Å². The van der Waals surface area contributed by atoms with Crippen LogP contribution in [0.3, 0.4) is 0 Å². The zero-order valence-corrected chi connectivity index (χ0v) is 11.0. The molecule has 1 atom stereocenters. The zero-order chi connectivity index (χ0) is 12.4. The average Bonchev–Trinajstić information content (AvgIpc) is 2.70. The Hall–Kier alpha value is -0.610. The van der Waals surface area contributed by atoms with E-state index in [9.17, 15) is 9.50 Å². The van der Waals surface area contributed by atoms with Gasteiger partial charge < -0.3 is 5.11 Å². The van der Waals surface area contributed by atoms with Crippen LogP contribution in [0.2, 0.25) is 10.0 Å². The second-order valence-electron chi connectivity index (χ2n) is 3.59. The second kappa shape index (κ2) is 5.36. The van der Waals surface area contributed by atoms with Crippen molar-refractivity contribution in [1.29, 1.82) is 0 Å². The van der Waals surface area contributed by atoms with E-state index in [4.69, 9.17) is 23.2 Å². The Balaban J connectivity index is 2.21. The first kappa shape index (κ1) is 12.8. The highest BCUT2D eigenvalue weighted by molar-refractivity contribution is 7.10. The van der Waals surface area contributed by atoms with Crippen molar-refractivity contribution < 1.29 is 9.50 Å². The summed E-state index contributed by atoms with van der Waals surface area (Å²) in [4.78, 5) is 0.673. The molecule has 0 fully saturated rings. The van der Waals surface area contributed by atoms with E-state index in [1.165, 1.54) is 29.5 Å². The quantitative estimate of drug-likeness (QED) is 0.884. The predicted octanol–water partition coefficient (Wildman–Crippen LogP) is 4.47. The lowest BCUT2D eigenvalue weighted by Crippen LogP contribution is -2.01. The molecule has 1 aromatic heterocycles. The molecule has 0 saturated heterocycles.